The standard InChI is InChI=1S/C23H21N3O5/c1-28-19-12-16(13-20(29-2)21(19)30-3)25-23(27)24-15-8-6-7-14(11-15)22-26-17-9-4-5-10-18(17)31-22/h4-13H,1-3H3,(H2,24,25,27). The number of ether oxygens (including phenoxy) is 3. The maximum Gasteiger partial charge on any atom is 0.323 e. The Labute approximate surface area is 178 Å². The van der Waals surface area contributed by atoms with Crippen molar-refractivity contribution in [3.05, 3.63) is 60.7 Å². The number of aromatic nitrogens is 1. The summed E-state index contributed by atoms with van der Waals surface area (Å²) in [4.78, 5) is 17.0. The van der Waals surface area contributed by atoms with Crippen LogP contribution in [0.1, 0.15) is 0 Å². The van der Waals surface area contributed by atoms with Crippen molar-refractivity contribution in [2.24, 2.45) is 0 Å². The van der Waals surface area contributed by atoms with Crippen LogP contribution in [0.5, 0.6) is 17.2 Å². The van der Waals surface area contributed by atoms with Gasteiger partial charge in [-0.1, -0.05) is 18.2 Å². The van der Waals surface area contributed by atoms with E-state index in [-0.39, 0.29) is 0 Å². The van der Waals surface area contributed by atoms with Crippen LogP contribution in [-0.2, 0) is 0 Å². The molecule has 2 N–H and O–H groups in total. The SMILES string of the molecule is COc1cc(NC(=O)Nc2cccc(-c3nc4ccccc4o3)c2)cc(OC)c1OC. The zero-order valence-corrected chi connectivity index (χ0v) is 17.3. The number of amides is 2. The van der Waals surface area contributed by atoms with E-state index in [9.17, 15) is 4.79 Å². The van der Waals surface area contributed by atoms with Gasteiger partial charge in [0, 0.05) is 23.4 Å². The number of hydrogen-bond acceptors (Lipinski definition) is 6. The van der Waals surface area contributed by atoms with Crippen LogP contribution < -0.4 is 24.8 Å². The number of hydrogen-bond donors (Lipinski definition) is 2. The summed E-state index contributed by atoms with van der Waals surface area (Å²) >= 11 is 0. The Balaban J connectivity index is 1.52. The highest BCUT2D eigenvalue weighted by molar-refractivity contribution is 6.00. The van der Waals surface area contributed by atoms with Crippen LogP contribution in [0.2, 0.25) is 0 Å². The van der Waals surface area contributed by atoms with Gasteiger partial charge in [-0.15, -0.1) is 0 Å². The van der Waals surface area contributed by atoms with Crippen LogP contribution in [-0.4, -0.2) is 32.3 Å². The van der Waals surface area contributed by atoms with Crippen molar-refractivity contribution >= 4 is 28.5 Å². The third-order valence-corrected chi connectivity index (χ3v) is 4.58. The van der Waals surface area contributed by atoms with Crippen molar-refractivity contribution in [1.29, 1.82) is 0 Å². The first kappa shape index (κ1) is 20.1. The molecule has 4 rings (SSSR count). The van der Waals surface area contributed by atoms with Crippen molar-refractivity contribution in [3.63, 3.8) is 0 Å². The molecule has 0 spiro atoms. The molecule has 0 aliphatic heterocycles. The molecule has 2 amide bonds. The predicted molar refractivity (Wildman–Crippen MR) is 118 cm³/mol. The molecule has 8 nitrogen and oxygen atoms in total. The Morgan fingerprint density at radius 3 is 2.23 bits per heavy atom. The number of nitrogens with one attached hydrogen (secondary N) is 2. The van der Waals surface area contributed by atoms with E-state index in [1.54, 1.807) is 24.3 Å². The number of carbonyl (C=O) groups is 1. The number of benzene rings is 3. The molecule has 0 radical (unpaired) electrons. The molecule has 0 atom stereocenters. The maximum absolute atomic E-state index is 12.6. The second-order valence-electron chi connectivity index (χ2n) is 6.56. The topological polar surface area (TPSA) is 94.9 Å². The lowest BCUT2D eigenvalue weighted by Gasteiger charge is -2.15. The van der Waals surface area contributed by atoms with Gasteiger partial charge in [-0.2, -0.15) is 0 Å². The molecule has 0 saturated carbocycles. The minimum absolute atomic E-state index is 0.427. The van der Waals surface area contributed by atoms with Gasteiger partial charge in [0.25, 0.3) is 0 Å². The highest BCUT2D eigenvalue weighted by Gasteiger charge is 2.15. The molecule has 31 heavy (non-hydrogen) atoms. The third kappa shape index (κ3) is 4.23. The Bertz CT molecular complexity index is 1180. The fourth-order valence-electron chi connectivity index (χ4n) is 3.17. The quantitative estimate of drug-likeness (QED) is 0.448. The van der Waals surface area contributed by atoms with Crippen molar-refractivity contribution < 1.29 is 23.4 Å². The van der Waals surface area contributed by atoms with Crippen LogP contribution in [0.3, 0.4) is 0 Å². The lowest BCUT2D eigenvalue weighted by Crippen LogP contribution is -2.19. The summed E-state index contributed by atoms with van der Waals surface area (Å²) in [6.07, 6.45) is 0. The van der Waals surface area contributed by atoms with Crippen LogP contribution >= 0.6 is 0 Å². The molecule has 4 aromatic rings. The highest BCUT2D eigenvalue weighted by Crippen LogP contribution is 2.40. The van der Waals surface area contributed by atoms with E-state index in [0.717, 1.165) is 11.1 Å². The molecule has 1 aromatic heterocycles. The van der Waals surface area contributed by atoms with Gasteiger partial charge >= 0.3 is 6.03 Å². The lowest BCUT2D eigenvalue weighted by atomic mass is 10.2. The number of oxazole rings is 1. The van der Waals surface area contributed by atoms with Crippen LogP contribution in [0.4, 0.5) is 16.2 Å². The van der Waals surface area contributed by atoms with E-state index in [2.05, 4.69) is 15.6 Å². The number of para-hydroxylation sites is 2. The number of carbonyl (C=O) groups excluding carboxylic acids is 1. The second kappa shape index (κ2) is 8.66. The first-order valence-corrected chi connectivity index (χ1v) is 9.45. The molecular weight excluding hydrogens is 398 g/mol. The molecular formula is C23H21N3O5. The zero-order chi connectivity index (χ0) is 21.8. The van der Waals surface area contributed by atoms with E-state index in [1.807, 2.05) is 36.4 Å². The number of anilines is 2. The van der Waals surface area contributed by atoms with Crippen LogP contribution in [0, 0.1) is 0 Å². The minimum atomic E-state index is -0.427. The number of nitrogens with zero attached hydrogens (tertiary/aromatic N) is 1. The lowest BCUT2D eigenvalue weighted by molar-refractivity contribution is 0.262. The molecule has 0 bridgehead atoms. The first-order chi connectivity index (χ1) is 15.1. The fraction of sp³-hybridized carbons (Fsp3) is 0.130. The first-order valence-electron chi connectivity index (χ1n) is 9.45. The highest BCUT2D eigenvalue weighted by atomic mass is 16.5. The Hall–Kier alpha value is -4.20. The van der Waals surface area contributed by atoms with E-state index in [1.165, 1.54) is 21.3 Å². The van der Waals surface area contributed by atoms with Crippen molar-refractivity contribution in [2.75, 3.05) is 32.0 Å². The summed E-state index contributed by atoms with van der Waals surface area (Å²) < 4.78 is 21.7. The molecule has 0 fully saturated rings. The number of rotatable bonds is 6. The molecule has 0 unspecified atom stereocenters. The van der Waals surface area contributed by atoms with Gasteiger partial charge in [0.2, 0.25) is 11.6 Å². The normalized spacial score (nSPS) is 10.5. The minimum Gasteiger partial charge on any atom is -0.493 e. The molecule has 1 heterocycles. The van der Waals surface area contributed by atoms with Crippen LogP contribution in [0.25, 0.3) is 22.6 Å². The summed E-state index contributed by atoms with van der Waals surface area (Å²) in [6, 6.07) is 17.7. The predicted octanol–water partition coefficient (Wildman–Crippen LogP) is 5.16. The summed E-state index contributed by atoms with van der Waals surface area (Å²) in [5.74, 6) is 1.81. The molecule has 158 valence electrons. The summed E-state index contributed by atoms with van der Waals surface area (Å²) in [5.41, 5.74) is 3.31. The van der Waals surface area contributed by atoms with Crippen molar-refractivity contribution in [1.82, 2.24) is 4.98 Å². The average molecular weight is 419 g/mol. The third-order valence-electron chi connectivity index (χ3n) is 4.58. The molecule has 0 aliphatic carbocycles. The molecule has 0 saturated heterocycles. The Morgan fingerprint density at radius 2 is 1.55 bits per heavy atom. The smallest absolute Gasteiger partial charge is 0.323 e. The number of methoxy groups -OCH3 is 3. The van der Waals surface area contributed by atoms with Crippen molar-refractivity contribution in [2.45, 2.75) is 0 Å². The van der Waals surface area contributed by atoms with Gasteiger partial charge in [0.15, 0.2) is 17.1 Å². The fourth-order valence-corrected chi connectivity index (χ4v) is 3.17. The van der Waals surface area contributed by atoms with E-state index in [0.29, 0.717) is 40.1 Å². The number of fused-ring (bicyclic) bond motifs is 1. The van der Waals surface area contributed by atoms with Crippen molar-refractivity contribution in [3.8, 4) is 28.7 Å². The summed E-state index contributed by atoms with van der Waals surface area (Å²) in [7, 11) is 4.54. The second-order valence-corrected chi connectivity index (χ2v) is 6.56. The van der Waals surface area contributed by atoms with Gasteiger partial charge in [0.05, 0.1) is 27.0 Å². The van der Waals surface area contributed by atoms with Crippen LogP contribution in [0.15, 0.2) is 65.1 Å². The maximum atomic E-state index is 12.6. The zero-order valence-electron chi connectivity index (χ0n) is 17.3. The van der Waals surface area contributed by atoms with E-state index < -0.39 is 6.03 Å². The molecule has 0 aliphatic rings. The monoisotopic (exact) mass is 419 g/mol. The summed E-state index contributed by atoms with van der Waals surface area (Å²) in [6.45, 7) is 0. The average Bonchev–Trinajstić information content (AvgIpc) is 3.23. The number of urea groups is 1. The molecule has 8 heteroatoms. The van der Waals surface area contributed by atoms with Gasteiger partial charge in [-0.05, 0) is 30.3 Å². The van der Waals surface area contributed by atoms with E-state index in [4.69, 9.17) is 18.6 Å². The van der Waals surface area contributed by atoms with E-state index >= 15 is 0 Å². The van der Waals surface area contributed by atoms with Gasteiger partial charge in [-0.3, -0.25) is 0 Å². The largest absolute Gasteiger partial charge is 0.493 e. The van der Waals surface area contributed by atoms with Gasteiger partial charge in [-0.25, -0.2) is 9.78 Å². The molecule has 3 aromatic carbocycles. The summed E-state index contributed by atoms with van der Waals surface area (Å²) in [5, 5.41) is 5.57. The van der Waals surface area contributed by atoms with Gasteiger partial charge in [0.1, 0.15) is 5.52 Å². The van der Waals surface area contributed by atoms with Gasteiger partial charge < -0.3 is 29.3 Å². The Kier molecular flexibility index (Phi) is 5.61. The Morgan fingerprint density at radius 1 is 0.839 bits per heavy atom.